The summed E-state index contributed by atoms with van der Waals surface area (Å²) in [4.78, 5) is 5.25. The molecule has 1 aliphatic heterocycles. The van der Waals surface area contributed by atoms with Crippen LogP contribution in [0.2, 0.25) is 0 Å². The number of rotatable bonds is 35. The summed E-state index contributed by atoms with van der Waals surface area (Å²) in [5, 5.41) is 0. The van der Waals surface area contributed by atoms with Crippen molar-refractivity contribution in [2.45, 2.75) is 239 Å². The fourth-order valence-corrected chi connectivity index (χ4v) is 7.15. The first-order valence-corrected chi connectivity index (χ1v) is 20.5. The Morgan fingerprint density at radius 2 is 0.605 bits per heavy atom. The van der Waals surface area contributed by atoms with Gasteiger partial charge in [-0.2, -0.15) is 0 Å². The molecule has 0 saturated heterocycles. The number of hydrogen-bond acceptors (Lipinski definition) is 2. The van der Waals surface area contributed by atoms with Crippen molar-refractivity contribution in [2.24, 2.45) is 0 Å². The van der Waals surface area contributed by atoms with E-state index in [1.807, 2.05) is 0 Å². The molecule has 0 fully saturated rings. The standard InChI is InChI=1S/C41H82N2/c1-4-7-9-11-13-15-17-19-21-22-23-25-27-29-31-33-35-37-41-42(6-3)39-40-43(41)38-36-34-32-30-28-26-24-20-18-16-14-12-10-8-5-2/h39-41H,4-38H2,1-3H3. The van der Waals surface area contributed by atoms with Gasteiger partial charge in [0.05, 0.1) is 0 Å². The molecule has 0 aromatic heterocycles. The van der Waals surface area contributed by atoms with Gasteiger partial charge in [0.1, 0.15) is 6.17 Å². The number of unbranched alkanes of at least 4 members (excludes halogenated alkanes) is 30. The summed E-state index contributed by atoms with van der Waals surface area (Å²) in [6.07, 6.45) is 53.2. The first kappa shape index (κ1) is 40.4. The van der Waals surface area contributed by atoms with Crippen LogP contribution in [0.5, 0.6) is 0 Å². The lowest BCUT2D eigenvalue weighted by molar-refractivity contribution is 0.142. The van der Waals surface area contributed by atoms with E-state index in [1.54, 1.807) is 0 Å². The molecule has 1 unspecified atom stereocenters. The predicted octanol–water partition coefficient (Wildman–Crippen LogP) is 14.3. The minimum atomic E-state index is 0.632. The molecule has 1 aliphatic rings. The lowest BCUT2D eigenvalue weighted by Crippen LogP contribution is -2.38. The van der Waals surface area contributed by atoms with E-state index in [0.717, 1.165) is 6.54 Å². The number of nitrogens with zero attached hydrogens (tertiary/aromatic N) is 2. The van der Waals surface area contributed by atoms with Gasteiger partial charge in [-0.15, -0.1) is 0 Å². The molecule has 0 saturated carbocycles. The molecule has 0 radical (unpaired) electrons. The van der Waals surface area contributed by atoms with Gasteiger partial charge in [-0.1, -0.05) is 206 Å². The van der Waals surface area contributed by atoms with Crippen LogP contribution in [0.4, 0.5) is 0 Å². The maximum absolute atomic E-state index is 2.66. The largest absolute Gasteiger partial charge is 0.356 e. The highest BCUT2D eigenvalue weighted by molar-refractivity contribution is 4.96. The molecule has 0 amide bonds. The summed E-state index contributed by atoms with van der Waals surface area (Å²) in [6, 6.07) is 0. The molecular formula is C41H82N2. The lowest BCUT2D eigenvalue weighted by Gasteiger charge is -2.32. The third-order valence-electron chi connectivity index (χ3n) is 10.2. The molecule has 1 heterocycles. The Hall–Kier alpha value is -0.660. The van der Waals surface area contributed by atoms with Crippen molar-refractivity contribution in [2.75, 3.05) is 13.1 Å². The van der Waals surface area contributed by atoms with Gasteiger partial charge in [0.15, 0.2) is 0 Å². The first-order valence-electron chi connectivity index (χ1n) is 20.5. The average Bonchev–Trinajstić information content (AvgIpc) is 3.42. The number of hydrogen-bond donors (Lipinski definition) is 0. The summed E-state index contributed by atoms with van der Waals surface area (Å²) in [5.41, 5.74) is 0. The normalized spacial score (nSPS) is 14.9. The van der Waals surface area contributed by atoms with Gasteiger partial charge in [-0.25, -0.2) is 0 Å². The van der Waals surface area contributed by atoms with E-state index in [9.17, 15) is 0 Å². The van der Waals surface area contributed by atoms with Crippen LogP contribution >= 0.6 is 0 Å². The lowest BCUT2D eigenvalue weighted by atomic mass is 10.0. The Bertz CT molecular complexity index is 558. The van der Waals surface area contributed by atoms with Gasteiger partial charge in [0.2, 0.25) is 0 Å². The molecular weight excluding hydrogens is 520 g/mol. The summed E-state index contributed by atoms with van der Waals surface area (Å²) < 4.78 is 0. The van der Waals surface area contributed by atoms with E-state index in [4.69, 9.17) is 0 Å². The molecule has 0 aromatic carbocycles. The third-order valence-corrected chi connectivity index (χ3v) is 10.2. The van der Waals surface area contributed by atoms with Crippen LogP contribution in [0, 0.1) is 0 Å². The van der Waals surface area contributed by atoms with Crippen molar-refractivity contribution in [3.05, 3.63) is 12.4 Å². The van der Waals surface area contributed by atoms with Gasteiger partial charge < -0.3 is 9.80 Å². The van der Waals surface area contributed by atoms with Crippen LogP contribution in [0.25, 0.3) is 0 Å². The van der Waals surface area contributed by atoms with Crippen LogP contribution in [0.1, 0.15) is 233 Å². The van der Waals surface area contributed by atoms with E-state index in [1.165, 1.54) is 218 Å². The van der Waals surface area contributed by atoms with Gasteiger partial charge in [0, 0.05) is 25.5 Å². The molecule has 256 valence electrons. The fourth-order valence-electron chi connectivity index (χ4n) is 7.15. The second kappa shape index (κ2) is 32.7. The molecule has 0 aliphatic carbocycles. The van der Waals surface area contributed by atoms with E-state index in [0.29, 0.717) is 6.17 Å². The van der Waals surface area contributed by atoms with Gasteiger partial charge in [0.25, 0.3) is 0 Å². The van der Waals surface area contributed by atoms with Gasteiger partial charge >= 0.3 is 0 Å². The molecule has 0 bridgehead atoms. The second-order valence-corrected chi connectivity index (χ2v) is 14.2. The van der Waals surface area contributed by atoms with Crippen LogP contribution in [0.15, 0.2) is 12.4 Å². The maximum Gasteiger partial charge on any atom is 0.101 e. The van der Waals surface area contributed by atoms with Crippen LogP contribution in [0.3, 0.4) is 0 Å². The topological polar surface area (TPSA) is 6.48 Å². The Balaban J connectivity index is 1.90. The van der Waals surface area contributed by atoms with Crippen molar-refractivity contribution in [3.63, 3.8) is 0 Å². The fraction of sp³-hybridized carbons (Fsp3) is 0.951. The molecule has 2 heteroatoms. The van der Waals surface area contributed by atoms with Crippen LogP contribution < -0.4 is 0 Å². The summed E-state index contributed by atoms with van der Waals surface area (Å²) in [6.45, 7) is 9.35. The van der Waals surface area contributed by atoms with Crippen molar-refractivity contribution in [1.82, 2.24) is 9.80 Å². The molecule has 0 N–H and O–H groups in total. The van der Waals surface area contributed by atoms with Crippen LogP contribution in [-0.4, -0.2) is 29.1 Å². The maximum atomic E-state index is 2.66. The minimum Gasteiger partial charge on any atom is -0.356 e. The Morgan fingerprint density at radius 1 is 0.326 bits per heavy atom. The third kappa shape index (κ3) is 25.2. The second-order valence-electron chi connectivity index (χ2n) is 14.2. The zero-order chi connectivity index (χ0) is 30.9. The molecule has 2 nitrogen and oxygen atoms in total. The predicted molar refractivity (Wildman–Crippen MR) is 196 cm³/mol. The molecule has 0 aromatic rings. The van der Waals surface area contributed by atoms with Gasteiger partial charge in [-0.05, 0) is 26.2 Å². The highest BCUT2D eigenvalue weighted by Gasteiger charge is 2.23. The summed E-state index contributed by atoms with van der Waals surface area (Å²) in [7, 11) is 0. The van der Waals surface area contributed by atoms with E-state index >= 15 is 0 Å². The van der Waals surface area contributed by atoms with Crippen molar-refractivity contribution >= 4 is 0 Å². The van der Waals surface area contributed by atoms with Crippen molar-refractivity contribution in [1.29, 1.82) is 0 Å². The summed E-state index contributed by atoms with van der Waals surface area (Å²) >= 11 is 0. The quantitative estimate of drug-likeness (QED) is 0.0666. The molecule has 43 heavy (non-hydrogen) atoms. The molecule has 1 atom stereocenters. The molecule has 0 spiro atoms. The monoisotopic (exact) mass is 603 g/mol. The van der Waals surface area contributed by atoms with Gasteiger partial charge in [-0.3, -0.25) is 0 Å². The zero-order valence-corrected chi connectivity index (χ0v) is 30.4. The SMILES string of the molecule is CCCCCCCCCCCCCCCCCCCC1N(CC)C=CN1CCCCCCCCCCCCCCCCC. The Kier molecular flexibility index (Phi) is 30.7. The van der Waals surface area contributed by atoms with Crippen LogP contribution in [-0.2, 0) is 0 Å². The van der Waals surface area contributed by atoms with E-state index in [2.05, 4.69) is 43.0 Å². The first-order chi connectivity index (χ1) is 21.3. The average molecular weight is 603 g/mol. The van der Waals surface area contributed by atoms with E-state index in [-0.39, 0.29) is 0 Å². The minimum absolute atomic E-state index is 0.632. The van der Waals surface area contributed by atoms with Crippen molar-refractivity contribution < 1.29 is 0 Å². The smallest absolute Gasteiger partial charge is 0.101 e. The van der Waals surface area contributed by atoms with Crippen molar-refractivity contribution in [3.8, 4) is 0 Å². The molecule has 1 rings (SSSR count). The Labute approximate surface area is 273 Å². The highest BCUT2D eigenvalue weighted by Crippen LogP contribution is 2.23. The Morgan fingerprint density at radius 3 is 0.930 bits per heavy atom. The summed E-state index contributed by atoms with van der Waals surface area (Å²) in [5.74, 6) is 0. The zero-order valence-electron chi connectivity index (χ0n) is 30.4. The van der Waals surface area contributed by atoms with E-state index < -0.39 is 0 Å². The highest BCUT2D eigenvalue weighted by atomic mass is 15.4.